The second-order valence-corrected chi connectivity index (χ2v) is 13.1. The smallest absolute Gasteiger partial charge is 0.335 e. The highest BCUT2D eigenvalue weighted by Crippen LogP contribution is 2.45. The molecule has 6 rings (SSSR count). The molecule has 2 aliphatic heterocycles. The van der Waals surface area contributed by atoms with E-state index in [2.05, 4.69) is 0 Å². The Morgan fingerprint density at radius 1 is 0.857 bits per heavy atom. The van der Waals surface area contributed by atoms with Crippen LogP contribution in [0, 0.1) is 5.82 Å². The molecule has 1 amide bonds. The summed E-state index contributed by atoms with van der Waals surface area (Å²) in [6.45, 7) is 0. The number of hydrogen-bond acceptors (Lipinski definition) is 10. The Bertz CT molecular complexity index is 1910. The number of carboxylic acid groups (broad SMARTS) is 1. The number of anilines is 1. The van der Waals surface area contributed by atoms with Crippen LogP contribution in [0.15, 0.2) is 97.1 Å². The molecule has 14 heteroatoms. The summed E-state index contributed by atoms with van der Waals surface area (Å²) in [6, 6.07) is 23.4. The number of Topliss-reactive ketones (excluding diaryl/α,β-unsaturated/α-hetero) is 1. The van der Waals surface area contributed by atoms with Crippen molar-refractivity contribution < 1.29 is 58.0 Å². The van der Waals surface area contributed by atoms with Gasteiger partial charge in [0, 0.05) is 27.6 Å². The topological polar surface area (TPSA) is 191 Å². The van der Waals surface area contributed by atoms with Crippen molar-refractivity contribution in [2.45, 2.75) is 42.0 Å². The third-order valence-corrected chi connectivity index (χ3v) is 9.96. The summed E-state index contributed by atoms with van der Waals surface area (Å²) >= 11 is 0. The molecule has 4 unspecified atom stereocenters. The standard InChI is InChI=1S/C35H30FNO11S/c36-21-12-9-18(10-13-21)26(39)17-49(46)32-27(37(33(32)43)22-6-2-1-3-7-22)24-14-11-20(16-25(24)38)19-5-4-8-23(15-19)47-35-30(42)28(40)29(41)31(48-35)34(44)45/h1-16,27-32,35,38,40-42H,17H2,(H,44,45)/t27-,28+,29?,30?,31?,32-,35-,49?/m1/s1. The molecule has 2 fully saturated rings. The Hall–Kier alpha value is -4.99. The average Bonchev–Trinajstić information content (AvgIpc) is 3.08. The van der Waals surface area contributed by atoms with Gasteiger partial charge in [0.2, 0.25) is 12.2 Å². The van der Waals surface area contributed by atoms with Crippen LogP contribution in [-0.4, -0.2) is 89.1 Å². The summed E-state index contributed by atoms with van der Waals surface area (Å²) in [4.78, 5) is 39.2. The van der Waals surface area contributed by atoms with Crippen molar-refractivity contribution in [3.63, 3.8) is 0 Å². The number of aliphatic carboxylic acids is 1. The maximum atomic E-state index is 13.5. The molecule has 254 valence electrons. The summed E-state index contributed by atoms with van der Waals surface area (Å²) < 4.78 is 37.7. The van der Waals surface area contributed by atoms with Crippen LogP contribution in [0.1, 0.15) is 22.0 Å². The summed E-state index contributed by atoms with van der Waals surface area (Å²) in [5.41, 5.74) is 1.92. The molecule has 4 aromatic rings. The van der Waals surface area contributed by atoms with Crippen LogP contribution >= 0.6 is 0 Å². The summed E-state index contributed by atoms with van der Waals surface area (Å²) in [5.74, 6) is -3.73. The molecule has 4 aromatic carbocycles. The van der Waals surface area contributed by atoms with E-state index in [1.165, 1.54) is 35.2 Å². The minimum atomic E-state index is -2.00. The molecule has 2 aliphatic rings. The van der Waals surface area contributed by atoms with Gasteiger partial charge in [0.25, 0.3) is 0 Å². The highest BCUT2D eigenvalue weighted by molar-refractivity contribution is 7.87. The van der Waals surface area contributed by atoms with Crippen LogP contribution in [0.2, 0.25) is 0 Å². The first-order valence-electron chi connectivity index (χ1n) is 15.0. The molecule has 0 saturated carbocycles. The van der Waals surface area contributed by atoms with Crippen molar-refractivity contribution >= 4 is 34.1 Å². The molecular formula is C35H30FNO11S. The second kappa shape index (κ2) is 13.9. The molecule has 0 radical (unpaired) electrons. The molecule has 12 nitrogen and oxygen atoms in total. The van der Waals surface area contributed by atoms with Crippen molar-refractivity contribution in [1.82, 2.24) is 0 Å². The van der Waals surface area contributed by atoms with Crippen LogP contribution in [0.4, 0.5) is 10.1 Å². The minimum absolute atomic E-state index is 0.110. The molecule has 8 atom stereocenters. The SMILES string of the molecule is O=C(CS(=O)[C@H]1C(=O)N(c2ccccc2)[C@@H]1c1ccc(-c2cccc(O[C@@H]3OC(C(=O)O)C(O)[C@H](O)C3O)c2)cc1O)c1ccc(F)cc1. The Kier molecular flexibility index (Phi) is 9.59. The van der Waals surface area contributed by atoms with Gasteiger partial charge in [-0.05, 0) is 65.7 Å². The summed E-state index contributed by atoms with van der Waals surface area (Å²) in [5, 5.41) is 49.8. The van der Waals surface area contributed by atoms with Crippen LogP contribution in [0.3, 0.4) is 0 Å². The number of aliphatic hydroxyl groups is 3. The molecule has 5 N–H and O–H groups in total. The summed E-state index contributed by atoms with van der Waals surface area (Å²) in [7, 11) is -2.00. The number of β-lactam (4-membered cyclic amide) rings is 1. The quantitative estimate of drug-likeness (QED) is 0.121. The number of phenolic OH excluding ortho intramolecular Hbond substituents is 1. The zero-order valence-corrected chi connectivity index (χ0v) is 26.2. The number of ketones is 1. The summed E-state index contributed by atoms with van der Waals surface area (Å²) in [6.07, 6.45) is -8.96. The number of amides is 1. The predicted molar refractivity (Wildman–Crippen MR) is 173 cm³/mol. The van der Waals surface area contributed by atoms with E-state index in [0.717, 1.165) is 12.1 Å². The molecule has 0 spiro atoms. The number of halogens is 1. The normalized spacial score (nSPS) is 25.7. The van der Waals surface area contributed by atoms with Crippen molar-refractivity contribution in [3.8, 4) is 22.6 Å². The van der Waals surface area contributed by atoms with E-state index in [0.29, 0.717) is 16.8 Å². The number of nitrogens with zero attached hydrogens (tertiary/aromatic N) is 1. The van der Waals surface area contributed by atoms with E-state index < -0.39 is 82.0 Å². The number of carbonyl (C=O) groups excluding carboxylic acids is 2. The number of rotatable bonds is 10. The Balaban J connectivity index is 1.26. The van der Waals surface area contributed by atoms with Gasteiger partial charge in [-0.2, -0.15) is 0 Å². The van der Waals surface area contributed by atoms with Gasteiger partial charge < -0.3 is 39.9 Å². The highest BCUT2D eigenvalue weighted by atomic mass is 32.2. The van der Waals surface area contributed by atoms with Crippen LogP contribution in [0.5, 0.6) is 11.5 Å². The largest absolute Gasteiger partial charge is 0.508 e. The van der Waals surface area contributed by atoms with Crippen molar-refractivity contribution in [2.24, 2.45) is 0 Å². The van der Waals surface area contributed by atoms with Gasteiger partial charge in [-0.15, -0.1) is 0 Å². The number of carboxylic acids is 1. The van der Waals surface area contributed by atoms with Gasteiger partial charge in [0.15, 0.2) is 11.9 Å². The number of ether oxygens (including phenoxy) is 2. The maximum absolute atomic E-state index is 13.5. The number of benzene rings is 4. The van der Waals surface area contributed by atoms with Gasteiger partial charge in [-0.1, -0.05) is 42.5 Å². The Morgan fingerprint density at radius 2 is 1.55 bits per heavy atom. The number of para-hydroxylation sites is 1. The van der Waals surface area contributed by atoms with Crippen molar-refractivity contribution in [2.75, 3.05) is 10.7 Å². The number of aromatic hydroxyl groups is 1. The number of phenols is 1. The van der Waals surface area contributed by atoms with Crippen LogP contribution < -0.4 is 9.64 Å². The first kappa shape index (κ1) is 33.9. The van der Waals surface area contributed by atoms with Crippen molar-refractivity contribution in [3.05, 3.63) is 114 Å². The fourth-order valence-corrected chi connectivity index (χ4v) is 7.34. The Labute approximate surface area is 281 Å². The molecule has 2 heterocycles. The maximum Gasteiger partial charge on any atom is 0.335 e. The molecule has 2 saturated heterocycles. The zero-order valence-electron chi connectivity index (χ0n) is 25.4. The van der Waals surface area contributed by atoms with Gasteiger partial charge in [-0.3, -0.25) is 13.8 Å². The van der Waals surface area contributed by atoms with Gasteiger partial charge in [0.1, 0.15) is 40.9 Å². The number of hydrogen-bond donors (Lipinski definition) is 5. The van der Waals surface area contributed by atoms with Gasteiger partial charge >= 0.3 is 5.97 Å². The first-order chi connectivity index (χ1) is 23.4. The predicted octanol–water partition coefficient (Wildman–Crippen LogP) is 2.56. The molecule has 49 heavy (non-hydrogen) atoms. The fraction of sp³-hybridized carbons (Fsp3) is 0.229. The van der Waals surface area contributed by atoms with Gasteiger partial charge in [-0.25, -0.2) is 9.18 Å². The van der Waals surface area contributed by atoms with Crippen molar-refractivity contribution in [1.29, 1.82) is 0 Å². The van der Waals surface area contributed by atoms with Crippen LogP contribution in [-0.2, 0) is 25.1 Å². The van der Waals surface area contributed by atoms with Crippen LogP contribution in [0.25, 0.3) is 11.1 Å². The lowest BCUT2D eigenvalue weighted by Gasteiger charge is -2.46. The molecular weight excluding hydrogens is 661 g/mol. The lowest BCUT2D eigenvalue weighted by atomic mass is 9.90. The number of aliphatic hydroxyl groups excluding tert-OH is 3. The van der Waals surface area contributed by atoms with E-state index in [4.69, 9.17) is 9.47 Å². The average molecular weight is 692 g/mol. The molecule has 0 bridgehead atoms. The second-order valence-electron chi connectivity index (χ2n) is 11.5. The fourth-order valence-electron chi connectivity index (χ4n) is 5.84. The van der Waals surface area contributed by atoms with E-state index in [-0.39, 0.29) is 22.6 Å². The van der Waals surface area contributed by atoms with Gasteiger partial charge in [0.05, 0.1) is 11.8 Å². The lowest BCUT2D eigenvalue weighted by molar-refractivity contribution is -0.271. The zero-order chi connectivity index (χ0) is 35.0. The first-order valence-corrected chi connectivity index (χ1v) is 16.4. The monoisotopic (exact) mass is 691 g/mol. The third kappa shape index (κ3) is 6.69. The third-order valence-electron chi connectivity index (χ3n) is 8.38. The van der Waals surface area contributed by atoms with E-state index >= 15 is 0 Å². The molecule has 0 aliphatic carbocycles. The minimum Gasteiger partial charge on any atom is -0.508 e. The van der Waals surface area contributed by atoms with E-state index in [1.54, 1.807) is 54.6 Å². The lowest BCUT2D eigenvalue weighted by Crippen LogP contribution is -2.61. The Morgan fingerprint density at radius 3 is 2.22 bits per heavy atom. The number of carbonyl (C=O) groups is 3. The highest BCUT2D eigenvalue weighted by Gasteiger charge is 2.53. The molecule has 0 aromatic heterocycles. The van der Waals surface area contributed by atoms with E-state index in [1.807, 2.05) is 0 Å². The van der Waals surface area contributed by atoms with E-state index in [9.17, 15) is 48.5 Å².